The lowest BCUT2D eigenvalue weighted by Crippen LogP contribution is -2.35. The van der Waals surface area contributed by atoms with Crippen molar-refractivity contribution in [2.75, 3.05) is 27.2 Å². The Bertz CT molecular complexity index is 716. The summed E-state index contributed by atoms with van der Waals surface area (Å²) in [5.41, 5.74) is 1.31. The summed E-state index contributed by atoms with van der Waals surface area (Å²) in [4.78, 5) is 21.4. The van der Waals surface area contributed by atoms with Crippen molar-refractivity contribution < 1.29 is 4.79 Å². The van der Waals surface area contributed by atoms with Gasteiger partial charge < -0.3 is 9.80 Å². The van der Waals surface area contributed by atoms with E-state index in [1.807, 2.05) is 23.1 Å². The van der Waals surface area contributed by atoms with Crippen LogP contribution in [0.2, 0.25) is 5.02 Å². The van der Waals surface area contributed by atoms with Crippen LogP contribution < -0.4 is 0 Å². The molecule has 2 heterocycles. The minimum absolute atomic E-state index is 0.0161. The lowest BCUT2D eigenvalue weighted by Gasteiger charge is -2.22. The maximum atomic E-state index is 12.9. The third-order valence-electron chi connectivity index (χ3n) is 4.42. The van der Waals surface area contributed by atoms with E-state index in [0.29, 0.717) is 22.5 Å². The molecule has 1 aliphatic rings. The summed E-state index contributed by atoms with van der Waals surface area (Å²) in [6.07, 6.45) is 1.71. The third-order valence-corrected chi connectivity index (χ3v) is 4.64. The van der Waals surface area contributed by atoms with Crippen molar-refractivity contribution in [3.63, 3.8) is 0 Å². The van der Waals surface area contributed by atoms with Crippen LogP contribution in [0.5, 0.6) is 0 Å². The van der Waals surface area contributed by atoms with Gasteiger partial charge in [0.05, 0.1) is 11.1 Å². The van der Waals surface area contributed by atoms with E-state index < -0.39 is 0 Å². The fraction of sp³-hybridized carbons (Fsp3) is 0.412. The number of carbonyl (C=O) groups is 1. The first-order valence-corrected chi connectivity index (χ1v) is 7.85. The average molecular weight is 318 g/mol. The van der Waals surface area contributed by atoms with Gasteiger partial charge in [-0.25, -0.2) is 0 Å². The lowest BCUT2D eigenvalue weighted by molar-refractivity contribution is 0.0783. The predicted octanol–water partition coefficient (Wildman–Crippen LogP) is 2.91. The SMILES string of the molecule is C[C@@H]1CN(C(=O)c2cc(Cl)cc3cccnc23)C[C@@H]1N(C)C. The van der Waals surface area contributed by atoms with Gasteiger partial charge in [0.25, 0.3) is 5.91 Å². The van der Waals surface area contributed by atoms with Gasteiger partial charge in [0.1, 0.15) is 0 Å². The highest BCUT2D eigenvalue weighted by atomic mass is 35.5. The Labute approximate surface area is 135 Å². The normalized spacial score (nSPS) is 21.8. The van der Waals surface area contributed by atoms with E-state index in [2.05, 4.69) is 30.9 Å². The van der Waals surface area contributed by atoms with Gasteiger partial charge in [0.2, 0.25) is 0 Å². The Morgan fingerprint density at radius 3 is 2.82 bits per heavy atom. The van der Waals surface area contributed by atoms with Crippen molar-refractivity contribution in [3.8, 4) is 0 Å². The number of pyridine rings is 1. The van der Waals surface area contributed by atoms with Crippen molar-refractivity contribution in [1.82, 2.24) is 14.8 Å². The summed E-state index contributed by atoms with van der Waals surface area (Å²) >= 11 is 6.18. The Balaban J connectivity index is 1.96. The molecule has 0 unspecified atom stereocenters. The summed E-state index contributed by atoms with van der Waals surface area (Å²) in [5, 5.41) is 1.47. The molecule has 0 saturated carbocycles. The quantitative estimate of drug-likeness (QED) is 0.854. The van der Waals surface area contributed by atoms with Crippen LogP contribution in [-0.2, 0) is 0 Å². The van der Waals surface area contributed by atoms with Crippen LogP contribution in [-0.4, -0.2) is 53.9 Å². The highest BCUT2D eigenvalue weighted by Gasteiger charge is 2.34. The molecule has 1 aromatic carbocycles. The fourth-order valence-corrected chi connectivity index (χ4v) is 3.50. The monoisotopic (exact) mass is 317 g/mol. The molecule has 3 rings (SSSR count). The van der Waals surface area contributed by atoms with Gasteiger partial charge in [-0.3, -0.25) is 9.78 Å². The molecular weight excluding hydrogens is 298 g/mol. The van der Waals surface area contributed by atoms with E-state index in [4.69, 9.17) is 11.6 Å². The predicted molar refractivity (Wildman–Crippen MR) is 89.3 cm³/mol. The molecule has 1 amide bonds. The zero-order valence-electron chi connectivity index (χ0n) is 13.1. The van der Waals surface area contributed by atoms with Crippen LogP contribution >= 0.6 is 11.6 Å². The largest absolute Gasteiger partial charge is 0.337 e. The molecule has 0 aliphatic carbocycles. The first-order valence-electron chi connectivity index (χ1n) is 7.47. The van der Waals surface area contributed by atoms with Gasteiger partial charge >= 0.3 is 0 Å². The van der Waals surface area contributed by atoms with Gasteiger partial charge in [0.15, 0.2) is 0 Å². The second kappa shape index (κ2) is 5.86. The molecule has 2 atom stereocenters. The number of aromatic nitrogens is 1. The highest BCUT2D eigenvalue weighted by molar-refractivity contribution is 6.32. The molecular formula is C17H20ClN3O. The molecule has 1 fully saturated rings. The van der Waals surface area contributed by atoms with E-state index >= 15 is 0 Å². The minimum Gasteiger partial charge on any atom is -0.337 e. The summed E-state index contributed by atoms with van der Waals surface area (Å²) in [5.74, 6) is 0.472. The Hall–Kier alpha value is -1.65. The second-order valence-corrected chi connectivity index (χ2v) is 6.68. The molecule has 5 heteroatoms. The maximum Gasteiger partial charge on any atom is 0.256 e. The minimum atomic E-state index is 0.0161. The molecule has 2 aromatic rings. The van der Waals surface area contributed by atoms with E-state index in [0.717, 1.165) is 24.0 Å². The number of rotatable bonds is 2. The number of amides is 1. The van der Waals surface area contributed by atoms with E-state index in [1.165, 1.54) is 0 Å². The standard InChI is InChI=1S/C17H20ClN3O/c1-11-9-21(10-15(11)20(2)3)17(22)14-8-13(18)7-12-5-4-6-19-16(12)14/h4-8,11,15H,9-10H2,1-3H3/t11-,15+/m1/s1. The van der Waals surface area contributed by atoms with Crippen LogP contribution in [0.1, 0.15) is 17.3 Å². The first kappa shape index (κ1) is 15.3. The molecule has 116 valence electrons. The van der Waals surface area contributed by atoms with Gasteiger partial charge in [-0.2, -0.15) is 0 Å². The maximum absolute atomic E-state index is 12.9. The fourth-order valence-electron chi connectivity index (χ4n) is 3.28. The van der Waals surface area contributed by atoms with Gasteiger partial charge in [-0.1, -0.05) is 24.6 Å². The van der Waals surface area contributed by atoms with Gasteiger partial charge in [-0.05, 0) is 38.2 Å². The molecule has 1 aromatic heterocycles. The van der Waals surface area contributed by atoms with Crippen molar-refractivity contribution in [2.24, 2.45) is 5.92 Å². The first-order chi connectivity index (χ1) is 10.5. The van der Waals surface area contributed by atoms with Crippen LogP contribution in [0, 0.1) is 5.92 Å². The second-order valence-electron chi connectivity index (χ2n) is 6.25. The van der Waals surface area contributed by atoms with Crippen molar-refractivity contribution in [2.45, 2.75) is 13.0 Å². The summed E-state index contributed by atoms with van der Waals surface area (Å²) in [6.45, 7) is 3.70. The van der Waals surface area contributed by atoms with E-state index in [9.17, 15) is 4.79 Å². The topological polar surface area (TPSA) is 36.4 Å². The van der Waals surface area contributed by atoms with Crippen molar-refractivity contribution in [3.05, 3.63) is 41.0 Å². The van der Waals surface area contributed by atoms with Crippen LogP contribution in [0.3, 0.4) is 0 Å². The molecule has 0 bridgehead atoms. The van der Waals surface area contributed by atoms with Crippen molar-refractivity contribution in [1.29, 1.82) is 0 Å². The number of nitrogens with zero attached hydrogens (tertiary/aromatic N) is 3. The van der Waals surface area contributed by atoms with E-state index in [-0.39, 0.29) is 5.91 Å². The zero-order valence-corrected chi connectivity index (χ0v) is 13.8. The zero-order chi connectivity index (χ0) is 15.9. The van der Waals surface area contributed by atoms with Gasteiger partial charge in [0, 0.05) is 35.7 Å². The number of carbonyl (C=O) groups excluding carboxylic acids is 1. The molecule has 0 spiro atoms. The summed E-state index contributed by atoms with van der Waals surface area (Å²) in [7, 11) is 4.12. The number of fused-ring (bicyclic) bond motifs is 1. The van der Waals surface area contributed by atoms with Crippen LogP contribution in [0.15, 0.2) is 30.5 Å². The number of likely N-dealkylation sites (tertiary alicyclic amines) is 1. The summed E-state index contributed by atoms with van der Waals surface area (Å²) < 4.78 is 0. The molecule has 4 nitrogen and oxygen atoms in total. The molecule has 22 heavy (non-hydrogen) atoms. The molecule has 1 aliphatic heterocycles. The average Bonchev–Trinajstić information content (AvgIpc) is 2.87. The Morgan fingerprint density at radius 1 is 1.36 bits per heavy atom. The molecule has 1 saturated heterocycles. The lowest BCUT2D eigenvalue weighted by atomic mass is 10.1. The number of hydrogen-bond donors (Lipinski definition) is 0. The number of hydrogen-bond acceptors (Lipinski definition) is 3. The molecule has 0 N–H and O–H groups in total. The third kappa shape index (κ3) is 2.69. The Morgan fingerprint density at radius 2 is 2.14 bits per heavy atom. The van der Waals surface area contributed by atoms with E-state index in [1.54, 1.807) is 12.3 Å². The number of benzene rings is 1. The highest BCUT2D eigenvalue weighted by Crippen LogP contribution is 2.27. The molecule has 0 radical (unpaired) electrons. The van der Waals surface area contributed by atoms with Crippen LogP contribution in [0.25, 0.3) is 10.9 Å². The number of likely N-dealkylation sites (N-methyl/N-ethyl adjacent to an activating group) is 1. The summed E-state index contributed by atoms with van der Waals surface area (Å²) in [6, 6.07) is 7.75. The van der Waals surface area contributed by atoms with Gasteiger partial charge in [-0.15, -0.1) is 0 Å². The number of halogens is 1. The van der Waals surface area contributed by atoms with Crippen molar-refractivity contribution >= 4 is 28.4 Å². The smallest absolute Gasteiger partial charge is 0.256 e. The van der Waals surface area contributed by atoms with Crippen LogP contribution in [0.4, 0.5) is 0 Å². The Kier molecular flexibility index (Phi) is 4.06.